The van der Waals surface area contributed by atoms with Crippen LogP contribution in [0.3, 0.4) is 0 Å². The minimum absolute atomic E-state index is 0.301. The molecule has 0 radical (unpaired) electrons. The zero-order valence-electron chi connectivity index (χ0n) is 13.9. The van der Waals surface area contributed by atoms with Gasteiger partial charge in [-0.2, -0.15) is 0 Å². The highest BCUT2D eigenvalue weighted by molar-refractivity contribution is 5.89. The fraction of sp³-hybridized carbons (Fsp3) is 0.350. The number of benzene rings is 2. The third-order valence-corrected chi connectivity index (χ3v) is 5.07. The molecule has 3 aliphatic rings. The molecule has 0 saturated carbocycles. The van der Waals surface area contributed by atoms with E-state index in [0.29, 0.717) is 5.92 Å². The Bertz CT molecular complexity index is 705. The van der Waals surface area contributed by atoms with Crippen LogP contribution >= 0.6 is 0 Å². The number of nitrogens with zero attached hydrogens (tertiary/aromatic N) is 2. The maximum Gasteiger partial charge on any atom is 0.177 e. The van der Waals surface area contributed by atoms with E-state index in [1.165, 1.54) is 24.3 Å². The molecular formula is C20H20F2N2O. The molecule has 5 heteroatoms. The highest BCUT2D eigenvalue weighted by atomic mass is 19.1. The predicted octanol–water partition coefficient (Wildman–Crippen LogP) is 4.15. The monoisotopic (exact) mass is 342 g/mol. The van der Waals surface area contributed by atoms with E-state index >= 15 is 0 Å². The molecule has 0 spiro atoms. The number of piperidine rings is 3. The smallest absolute Gasteiger partial charge is 0.177 e. The van der Waals surface area contributed by atoms with Gasteiger partial charge in [0.15, 0.2) is 6.10 Å². The third kappa shape index (κ3) is 3.56. The highest BCUT2D eigenvalue weighted by Crippen LogP contribution is 2.29. The second-order valence-electron chi connectivity index (χ2n) is 6.72. The molecule has 3 aliphatic heterocycles. The Balaban J connectivity index is 1.61. The topological polar surface area (TPSA) is 24.8 Å². The molecule has 0 amide bonds. The zero-order chi connectivity index (χ0) is 17.2. The predicted molar refractivity (Wildman–Crippen MR) is 92.3 cm³/mol. The third-order valence-electron chi connectivity index (χ3n) is 5.07. The molecule has 130 valence electrons. The van der Waals surface area contributed by atoms with E-state index in [-0.39, 0.29) is 11.6 Å². The van der Waals surface area contributed by atoms with E-state index in [4.69, 9.17) is 4.84 Å². The van der Waals surface area contributed by atoms with Crippen molar-refractivity contribution in [3.8, 4) is 0 Å². The molecule has 0 N–H and O–H groups in total. The summed E-state index contributed by atoms with van der Waals surface area (Å²) in [5.74, 6) is -0.109. The van der Waals surface area contributed by atoms with Gasteiger partial charge in [0, 0.05) is 12.5 Å². The van der Waals surface area contributed by atoms with Crippen LogP contribution in [0, 0.1) is 17.6 Å². The van der Waals surface area contributed by atoms with Gasteiger partial charge in [-0.15, -0.1) is 0 Å². The van der Waals surface area contributed by atoms with Gasteiger partial charge in [0.25, 0.3) is 0 Å². The zero-order valence-corrected chi connectivity index (χ0v) is 13.9. The van der Waals surface area contributed by atoms with E-state index < -0.39 is 6.10 Å². The first-order valence-electron chi connectivity index (χ1n) is 8.65. The number of fused-ring (bicyclic) bond motifs is 3. The van der Waals surface area contributed by atoms with Gasteiger partial charge in [-0.25, -0.2) is 8.78 Å². The van der Waals surface area contributed by atoms with Crippen LogP contribution in [0.25, 0.3) is 0 Å². The Morgan fingerprint density at radius 1 is 0.880 bits per heavy atom. The lowest BCUT2D eigenvalue weighted by atomic mass is 9.87. The number of oxime groups is 1. The Morgan fingerprint density at radius 3 is 1.84 bits per heavy atom. The number of hydrogen-bond acceptors (Lipinski definition) is 3. The molecule has 5 rings (SSSR count). The van der Waals surface area contributed by atoms with Crippen LogP contribution in [-0.4, -0.2) is 30.2 Å². The molecule has 3 saturated heterocycles. The summed E-state index contributed by atoms with van der Waals surface area (Å²) in [6.45, 7) is 3.11. The van der Waals surface area contributed by atoms with Crippen molar-refractivity contribution in [2.75, 3.05) is 19.6 Å². The van der Waals surface area contributed by atoms with E-state index in [1.54, 1.807) is 24.3 Å². The summed E-state index contributed by atoms with van der Waals surface area (Å²) in [6.07, 6.45) is 1.77. The Hall–Kier alpha value is -2.27. The highest BCUT2D eigenvalue weighted by Gasteiger charge is 2.31. The SMILES string of the molecule is Fc1ccc(C(O/N=C2\CN3CCC2CC3)c2ccc(F)cc2)cc1. The van der Waals surface area contributed by atoms with Gasteiger partial charge >= 0.3 is 0 Å². The number of rotatable bonds is 4. The second-order valence-corrected chi connectivity index (χ2v) is 6.72. The lowest BCUT2D eigenvalue weighted by Gasteiger charge is -2.39. The van der Waals surface area contributed by atoms with Crippen LogP contribution < -0.4 is 0 Å². The van der Waals surface area contributed by atoms with E-state index in [1.807, 2.05) is 0 Å². The quantitative estimate of drug-likeness (QED) is 0.780. The second kappa shape index (κ2) is 6.92. The van der Waals surface area contributed by atoms with Gasteiger partial charge in [-0.3, -0.25) is 4.90 Å². The standard InChI is InChI=1S/C20H20F2N2O/c21-17-5-1-15(2-6-17)20(16-3-7-18(22)8-4-16)25-23-19-13-24-11-9-14(19)10-12-24/h1-8,14,20H,9-13H2/b23-19+. The molecule has 0 aliphatic carbocycles. The first-order valence-corrected chi connectivity index (χ1v) is 8.65. The molecule has 2 aromatic carbocycles. The van der Waals surface area contributed by atoms with Crippen LogP contribution in [0.1, 0.15) is 30.1 Å². The van der Waals surface area contributed by atoms with Crippen molar-refractivity contribution in [1.82, 2.24) is 4.90 Å². The van der Waals surface area contributed by atoms with E-state index in [2.05, 4.69) is 10.1 Å². The Morgan fingerprint density at radius 2 is 1.40 bits per heavy atom. The van der Waals surface area contributed by atoms with Crippen LogP contribution in [0.5, 0.6) is 0 Å². The fourth-order valence-electron chi connectivity index (χ4n) is 3.60. The molecule has 3 fully saturated rings. The van der Waals surface area contributed by atoms with Crippen LogP contribution in [0.4, 0.5) is 8.78 Å². The van der Waals surface area contributed by atoms with Gasteiger partial charge < -0.3 is 4.84 Å². The van der Waals surface area contributed by atoms with Gasteiger partial charge in [0.05, 0.1) is 5.71 Å². The van der Waals surface area contributed by atoms with Gasteiger partial charge in [0.1, 0.15) is 11.6 Å². The van der Waals surface area contributed by atoms with Gasteiger partial charge in [-0.1, -0.05) is 29.4 Å². The number of halogens is 2. The first-order chi connectivity index (χ1) is 12.2. The lowest BCUT2D eigenvalue weighted by molar-refractivity contribution is 0.0799. The molecule has 0 unspecified atom stereocenters. The summed E-state index contributed by atoms with van der Waals surface area (Å²) >= 11 is 0. The molecule has 3 heterocycles. The molecule has 0 aromatic heterocycles. The average Bonchev–Trinajstić information content (AvgIpc) is 2.66. The van der Waals surface area contributed by atoms with Crippen LogP contribution in [0.2, 0.25) is 0 Å². The van der Waals surface area contributed by atoms with Crippen molar-refractivity contribution < 1.29 is 13.6 Å². The summed E-state index contributed by atoms with van der Waals surface area (Å²) in [5.41, 5.74) is 2.66. The lowest BCUT2D eigenvalue weighted by Crippen LogP contribution is -2.48. The molecular weight excluding hydrogens is 322 g/mol. The van der Waals surface area contributed by atoms with Crippen molar-refractivity contribution in [3.05, 3.63) is 71.3 Å². The number of hydrogen-bond donors (Lipinski definition) is 0. The fourth-order valence-corrected chi connectivity index (χ4v) is 3.60. The molecule has 2 aromatic rings. The maximum atomic E-state index is 13.3. The van der Waals surface area contributed by atoms with Gasteiger partial charge in [0.2, 0.25) is 0 Å². The normalized spacial score (nSPS) is 24.0. The van der Waals surface area contributed by atoms with Crippen molar-refractivity contribution in [2.24, 2.45) is 11.1 Å². The summed E-state index contributed by atoms with van der Waals surface area (Å²) in [5, 5.41) is 4.45. The summed E-state index contributed by atoms with van der Waals surface area (Å²) in [7, 11) is 0. The Kier molecular flexibility index (Phi) is 4.49. The van der Waals surface area contributed by atoms with Gasteiger partial charge in [-0.05, 0) is 61.3 Å². The molecule has 3 nitrogen and oxygen atoms in total. The van der Waals surface area contributed by atoms with Crippen molar-refractivity contribution in [2.45, 2.75) is 18.9 Å². The summed E-state index contributed by atoms with van der Waals surface area (Å²) in [4.78, 5) is 8.28. The molecule has 2 bridgehead atoms. The summed E-state index contributed by atoms with van der Waals surface area (Å²) in [6, 6.07) is 12.3. The largest absolute Gasteiger partial charge is 0.383 e. The van der Waals surface area contributed by atoms with E-state index in [0.717, 1.165) is 49.3 Å². The first kappa shape index (κ1) is 16.2. The van der Waals surface area contributed by atoms with Crippen LogP contribution in [0.15, 0.2) is 53.7 Å². The Labute approximate surface area is 145 Å². The summed E-state index contributed by atoms with van der Waals surface area (Å²) < 4.78 is 26.5. The van der Waals surface area contributed by atoms with Crippen molar-refractivity contribution >= 4 is 5.71 Å². The minimum atomic E-state index is -0.482. The molecule has 25 heavy (non-hydrogen) atoms. The van der Waals surface area contributed by atoms with Crippen LogP contribution in [-0.2, 0) is 4.84 Å². The average molecular weight is 342 g/mol. The van der Waals surface area contributed by atoms with Crippen molar-refractivity contribution in [3.63, 3.8) is 0 Å². The minimum Gasteiger partial charge on any atom is -0.383 e. The van der Waals surface area contributed by atoms with Crippen molar-refractivity contribution in [1.29, 1.82) is 0 Å². The maximum absolute atomic E-state index is 13.3. The van der Waals surface area contributed by atoms with E-state index in [9.17, 15) is 8.78 Å². The molecule has 0 atom stereocenters.